The first-order valence-corrected chi connectivity index (χ1v) is 9.68. The molecule has 2 aromatic rings. The third-order valence-electron chi connectivity index (χ3n) is 5.21. The van der Waals surface area contributed by atoms with Crippen molar-refractivity contribution in [1.82, 2.24) is 10.2 Å². The second-order valence-electron chi connectivity index (χ2n) is 7.49. The molecule has 0 spiro atoms. The molecule has 0 fully saturated rings. The zero-order valence-corrected chi connectivity index (χ0v) is 17.1. The molecule has 0 aliphatic carbocycles. The minimum Gasteiger partial charge on any atom is -0.457 e. The number of rotatable bonds is 4. The Labute approximate surface area is 182 Å². The highest BCUT2D eigenvalue weighted by Gasteiger charge is 2.36. The van der Waals surface area contributed by atoms with E-state index < -0.39 is 29.7 Å². The van der Waals surface area contributed by atoms with Crippen LogP contribution < -0.4 is 5.32 Å². The molecule has 0 saturated carbocycles. The van der Waals surface area contributed by atoms with Crippen LogP contribution >= 0.6 is 0 Å². The third-order valence-corrected chi connectivity index (χ3v) is 5.21. The Morgan fingerprint density at radius 1 is 1.12 bits per heavy atom. The fourth-order valence-electron chi connectivity index (χ4n) is 3.61. The molecule has 160 valence electrons. The van der Waals surface area contributed by atoms with E-state index in [0.717, 1.165) is 4.90 Å². The second kappa shape index (κ2) is 7.76. The Morgan fingerprint density at radius 2 is 1.84 bits per heavy atom. The standard InChI is InChI=1S/C23H17N3O6/c1-11(27)10-26-22(30)16(12(2)18(9-24)23(26)31)8-14-4-6-19(32-14)13-3-5-15-17(7-13)21(29)25-20(15)28/h3-8,11,27H,10H2,1-2H3,(H,25,28,29)/b16-8+. The molecule has 2 aliphatic heterocycles. The Balaban J connectivity index is 1.72. The summed E-state index contributed by atoms with van der Waals surface area (Å²) in [6, 6.07) is 9.77. The van der Waals surface area contributed by atoms with Crippen molar-refractivity contribution in [2.24, 2.45) is 0 Å². The van der Waals surface area contributed by atoms with Crippen molar-refractivity contribution < 1.29 is 28.7 Å². The zero-order valence-electron chi connectivity index (χ0n) is 17.1. The van der Waals surface area contributed by atoms with Gasteiger partial charge in [0.2, 0.25) is 0 Å². The molecular weight excluding hydrogens is 414 g/mol. The van der Waals surface area contributed by atoms with E-state index in [9.17, 15) is 29.5 Å². The van der Waals surface area contributed by atoms with E-state index >= 15 is 0 Å². The average molecular weight is 431 g/mol. The van der Waals surface area contributed by atoms with Gasteiger partial charge < -0.3 is 9.52 Å². The lowest BCUT2D eigenvalue weighted by molar-refractivity contribution is -0.141. The molecule has 2 aliphatic rings. The Morgan fingerprint density at radius 3 is 2.53 bits per heavy atom. The predicted octanol–water partition coefficient (Wildman–Crippen LogP) is 1.80. The van der Waals surface area contributed by atoms with Gasteiger partial charge in [-0.2, -0.15) is 5.26 Å². The van der Waals surface area contributed by atoms with Gasteiger partial charge in [0.05, 0.1) is 23.8 Å². The van der Waals surface area contributed by atoms with Crippen LogP contribution in [-0.2, 0) is 9.59 Å². The molecule has 1 aromatic heterocycles. The van der Waals surface area contributed by atoms with Gasteiger partial charge in [-0.1, -0.05) is 6.07 Å². The molecule has 0 radical (unpaired) electrons. The van der Waals surface area contributed by atoms with Crippen LogP contribution in [0.25, 0.3) is 17.4 Å². The second-order valence-corrected chi connectivity index (χ2v) is 7.49. The average Bonchev–Trinajstić information content (AvgIpc) is 3.33. The van der Waals surface area contributed by atoms with Crippen LogP contribution in [0.4, 0.5) is 0 Å². The summed E-state index contributed by atoms with van der Waals surface area (Å²) in [6.45, 7) is 2.69. The maximum absolute atomic E-state index is 12.9. The van der Waals surface area contributed by atoms with Crippen LogP contribution in [0.15, 0.2) is 51.5 Å². The topological polar surface area (TPSA) is 141 Å². The Bertz CT molecular complexity index is 1310. The van der Waals surface area contributed by atoms with Crippen molar-refractivity contribution in [1.29, 1.82) is 5.26 Å². The van der Waals surface area contributed by atoms with Crippen molar-refractivity contribution in [3.63, 3.8) is 0 Å². The molecule has 4 rings (SSSR count). The minimum atomic E-state index is -0.957. The minimum absolute atomic E-state index is 0.0987. The maximum Gasteiger partial charge on any atom is 0.271 e. The lowest BCUT2D eigenvalue weighted by Gasteiger charge is -2.28. The van der Waals surface area contributed by atoms with E-state index in [2.05, 4.69) is 5.32 Å². The number of furan rings is 1. The molecule has 9 heteroatoms. The number of amides is 4. The summed E-state index contributed by atoms with van der Waals surface area (Å²) in [5.74, 6) is -1.65. The van der Waals surface area contributed by atoms with Gasteiger partial charge in [0.25, 0.3) is 23.6 Å². The van der Waals surface area contributed by atoms with Gasteiger partial charge in [-0.3, -0.25) is 29.4 Å². The van der Waals surface area contributed by atoms with E-state index in [1.54, 1.807) is 24.3 Å². The van der Waals surface area contributed by atoms with Crippen LogP contribution in [0.5, 0.6) is 0 Å². The number of fused-ring (bicyclic) bond motifs is 1. The highest BCUT2D eigenvalue weighted by Crippen LogP contribution is 2.30. The third kappa shape index (κ3) is 3.42. The molecule has 1 aromatic carbocycles. The van der Waals surface area contributed by atoms with E-state index in [4.69, 9.17) is 4.42 Å². The first-order valence-electron chi connectivity index (χ1n) is 9.68. The van der Waals surface area contributed by atoms with Gasteiger partial charge in [-0.15, -0.1) is 0 Å². The van der Waals surface area contributed by atoms with Gasteiger partial charge in [0, 0.05) is 11.1 Å². The van der Waals surface area contributed by atoms with Gasteiger partial charge in [0.1, 0.15) is 23.2 Å². The number of nitrogens with one attached hydrogen (secondary N) is 1. The number of β-amino-alcohol motifs (C(OH)–C–C–N with tert-alkyl or cyclic N) is 1. The van der Waals surface area contributed by atoms with Crippen molar-refractivity contribution in [2.45, 2.75) is 20.0 Å². The summed E-state index contributed by atoms with van der Waals surface area (Å²) < 4.78 is 5.80. The van der Waals surface area contributed by atoms with Crippen LogP contribution in [0.1, 0.15) is 40.3 Å². The van der Waals surface area contributed by atoms with Gasteiger partial charge in [-0.25, -0.2) is 0 Å². The van der Waals surface area contributed by atoms with E-state index in [1.807, 2.05) is 6.07 Å². The summed E-state index contributed by atoms with van der Waals surface area (Å²) in [5.41, 5.74) is 1.22. The van der Waals surface area contributed by atoms with Gasteiger partial charge >= 0.3 is 0 Å². The molecule has 2 N–H and O–H groups in total. The Kier molecular flexibility index (Phi) is 5.08. The number of nitrogens with zero attached hydrogens (tertiary/aromatic N) is 2. The highest BCUT2D eigenvalue weighted by atomic mass is 16.3. The molecule has 3 heterocycles. The highest BCUT2D eigenvalue weighted by molar-refractivity contribution is 6.22. The van der Waals surface area contributed by atoms with Crippen LogP contribution in [-0.4, -0.2) is 46.3 Å². The number of carbonyl (C=O) groups is 4. The van der Waals surface area contributed by atoms with Gasteiger partial charge in [-0.05, 0) is 49.8 Å². The number of aliphatic hydroxyl groups excluding tert-OH is 1. The largest absolute Gasteiger partial charge is 0.457 e. The summed E-state index contributed by atoms with van der Waals surface area (Å²) in [6.07, 6.45) is 0.463. The van der Waals surface area contributed by atoms with E-state index in [0.29, 0.717) is 11.3 Å². The smallest absolute Gasteiger partial charge is 0.271 e. The van der Waals surface area contributed by atoms with Crippen molar-refractivity contribution in [3.8, 4) is 17.4 Å². The fraction of sp³-hybridized carbons (Fsp3) is 0.174. The molecule has 0 saturated heterocycles. The van der Waals surface area contributed by atoms with Gasteiger partial charge in [0.15, 0.2) is 0 Å². The Hall–Kier alpha value is -4.29. The summed E-state index contributed by atoms with van der Waals surface area (Å²) in [5, 5.41) is 21.3. The first kappa shape index (κ1) is 21.0. The summed E-state index contributed by atoms with van der Waals surface area (Å²) in [4.78, 5) is 49.8. The lowest BCUT2D eigenvalue weighted by Crippen LogP contribution is -2.45. The quantitative estimate of drug-likeness (QED) is 0.555. The zero-order chi connectivity index (χ0) is 23.2. The lowest BCUT2D eigenvalue weighted by atomic mass is 9.94. The number of nitriles is 1. The predicted molar refractivity (Wildman–Crippen MR) is 111 cm³/mol. The SMILES string of the molecule is CC1=C(C#N)C(=O)N(CC(C)O)C(=O)/C1=C/c1ccc(-c2ccc3c(c2)C(=O)NC3=O)o1. The first-order chi connectivity index (χ1) is 15.2. The number of hydrogen-bond acceptors (Lipinski definition) is 7. The molecule has 1 atom stereocenters. The maximum atomic E-state index is 12.9. The van der Waals surface area contributed by atoms with Crippen molar-refractivity contribution in [3.05, 3.63) is 63.9 Å². The molecule has 0 bridgehead atoms. The summed E-state index contributed by atoms with van der Waals surface area (Å²) in [7, 11) is 0. The monoisotopic (exact) mass is 431 g/mol. The van der Waals surface area contributed by atoms with E-state index in [-0.39, 0.29) is 40.2 Å². The molecule has 32 heavy (non-hydrogen) atoms. The molecule has 9 nitrogen and oxygen atoms in total. The normalized spacial score (nSPS) is 18.2. The van der Waals surface area contributed by atoms with Crippen LogP contribution in [0.3, 0.4) is 0 Å². The molecule has 1 unspecified atom stereocenters. The number of hydrogen-bond donors (Lipinski definition) is 2. The molecule has 4 amide bonds. The van der Waals surface area contributed by atoms with Crippen molar-refractivity contribution >= 4 is 29.7 Å². The van der Waals surface area contributed by atoms with Crippen LogP contribution in [0, 0.1) is 11.3 Å². The summed E-state index contributed by atoms with van der Waals surface area (Å²) >= 11 is 0. The van der Waals surface area contributed by atoms with E-state index in [1.165, 1.54) is 26.0 Å². The number of carbonyl (C=O) groups excluding carboxylic acids is 4. The van der Waals surface area contributed by atoms with Crippen LogP contribution in [0.2, 0.25) is 0 Å². The van der Waals surface area contributed by atoms with Crippen molar-refractivity contribution in [2.75, 3.05) is 6.54 Å². The molecular formula is C23H17N3O6. The number of benzene rings is 1. The fourth-order valence-corrected chi connectivity index (χ4v) is 3.61. The number of aliphatic hydroxyl groups is 1. The number of imide groups is 2.